The van der Waals surface area contributed by atoms with Crippen molar-refractivity contribution in [2.24, 2.45) is 11.1 Å². The van der Waals surface area contributed by atoms with Gasteiger partial charge in [0.1, 0.15) is 0 Å². The van der Waals surface area contributed by atoms with E-state index in [0.29, 0.717) is 12.5 Å². The van der Waals surface area contributed by atoms with Gasteiger partial charge < -0.3 is 15.5 Å². The molecular formula is C13H27N3O. The SMILES string of the molecule is CC1CN(C(=O)CC(N)C(C)(C)C)CCN1C. The number of carbonyl (C=O) groups excluding carboxylic acids is 1. The molecule has 100 valence electrons. The van der Waals surface area contributed by atoms with Gasteiger partial charge in [0.2, 0.25) is 5.91 Å². The third-order valence-electron chi connectivity index (χ3n) is 3.82. The van der Waals surface area contributed by atoms with Crippen molar-refractivity contribution in [3.63, 3.8) is 0 Å². The Morgan fingerprint density at radius 3 is 2.47 bits per heavy atom. The van der Waals surface area contributed by atoms with Crippen LogP contribution in [0.5, 0.6) is 0 Å². The first-order chi connectivity index (χ1) is 7.71. The number of rotatable bonds is 2. The first-order valence-electron chi connectivity index (χ1n) is 6.45. The van der Waals surface area contributed by atoms with Gasteiger partial charge in [-0.2, -0.15) is 0 Å². The van der Waals surface area contributed by atoms with Crippen molar-refractivity contribution in [1.82, 2.24) is 9.80 Å². The van der Waals surface area contributed by atoms with Crippen LogP contribution >= 0.6 is 0 Å². The first-order valence-corrected chi connectivity index (χ1v) is 6.45. The van der Waals surface area contributed by atoms with Crippen LogP contribution in [0.1, 0.15) is 34.1 Å². The number of piperazine rings is 1. The van der Waals surface area contributed by atoms with Crippen molar-refractivity contribution in [3.8, 4) is 0 Å². The zero-order valence-corrected chi connectivity index (χ0v) is 11.9. The number of hydrogen-bond donors (Lipinski definition) is 1. The average Bonchev–Trinajstić information content (AvgIpc) is 2.20. The van der Waals surface area contributed by atoms with Crippen LogP contribution in [-0.2, 0) is 4.79 Å². The lowest BCUT2D eigenvalue weighted by Crippen LogP contribution is -2.53. The fourth-order valence-corrected chi connectivity index (χ4v) is 1.90. The highest BCUT2D eigenvalue weighted by Gasteiger charge is 2.28. The summed E-state index contributed by atoms with van der Waals surface area (Å²) in [5.74, 6) is 0.201. The third-order valence-corrected chi connectivity index (χ3v) is 3.82. The highest BCUT2D eigenvalue weighted by molar-refractivity contribution is 5.77. The number of nitrogens with two attached hydrogens (primary N) is 1. The van der Waals surface area contributed by atoms with Gasteiger partial charge in [0.25, 0.3) is 0 Å². The second kappa shape index (κ2) is 5.36. The number of carbonyl (C=O) groups is 1. The number of nitrogens with zero attached hydrogens (tertiary/aromatic N) is 2. The van der Waals surface area contributed by atoms with Gasteiger partial charge in [-0.1, -0.05) is 20.8 Å². The van der Waals surface area contributed by atoms with Crippen LogP contribution in [0.4, 0.5) is 0 Å². The minimum Gasteiger partial charge on any atom is -0.340 e. The fraction of sp³-hybridized carbons (Fsp3) is 0.923. The zero-order valence-electron chi connectivity index (χ0n) is 11.9. The Hall–Kier alpha value is -0.610. The van der Waals surface area contributed by atoms with E-state index >= 15 is 0 Å². The molecule has 1 rings (SSSR count). The Morgan fingerprint density at radius 2 is 2.00 bits per heavy atom. The molecule has 1 aliphatic heterocycles. The van der Waals surface area contributed by atoms with Crippen LogP contribution in [0.25, 0.3) is 0 Å². The summed E-state index contributed by atoms with van der Waals surface area (Å²) in [7, 11) is 2.10. The monoisotopic (exact) mass is 241 g/mol. The number of amides is 1. The molecule has 1 saturated heterocycles. The zero-order chi connectivity index (χ0) is 13.2. The Labute approximate surface area is 105 Å². The summed E-state index contributed by atoms with van der Waals surface area (Å²) in [6.07, 6.45) is 0.458. The smallest absolute Gasteiger partial charge is 0.224 e. The molecule has 2 atom stereocenters. The van der Waals surface area contributed by atoms with E-state index in [9.17, 15) is 4.79 Å². The molecule has 0 aliphatic carbocycles. The molecule has 1 amide bonds. The second-order valence-corrected chi connectivity index (χ2v) is 6.35. The molecule has 4 heteroatoms. The average molecular weight is 241 g/mol. The molecule has 0 aromatic rings. The lowest BCUT2D eigenvalue weighted by molar-refractivity contribution is -0.134. The minimum absolute atomic E-state index is 0.00610. The van der Waals surface area contributed by atoms with Gasteiger partial charge in [0, 0.05) is 38.1 Å². The lowest BCUT2D eigenvalue weighted by Gasteiger charge is -2.38. The van der Waals surface area contributed by atoms with Crippen molar-refractivity contribution in [2.45, 2.75) is 46.2 Å². The van der Waals surface area contributed by atoms with E-state index in [-0.39, 0.29) is 17.4 Å². The van der Waals surface area contributed by atoms with Crippen molar-refractivity contribution in [3.05, 3.63) is 0 Å². The van der Waals surface area contributed by atoms with E-state index < -0.39 is 0 Å². The molecule has 0 aromatic carbocycles. The van der Waals surface area contributed by atoms with Gasteiger partial charge in [0.15, 0.2) is 0 Å². The van der Waals surface area contributed by atoms with Crippen molar-refractivity contribution >= 4 is 5.91 Å². The maximum atomic E-state index is 12.1. The predicted octanol–water partition coefficient (Wildman–Crippen LogP) is 0.912. The maximum Gasteiger partial charge on any atom is 0.224 e. The van der Waals surface area contributed by atoms with E-state index in [4.69, 9.17) is 5.73 Å². The topological polar surface area (TPSA) is 49.6 Å². The first kappa shape index (κ1) is 14.5. The Bertz CT molecular complexity index is 272. The minimum atomic E-state index is -0.0648. The Morgan fingerprint density at radius 1 is 1.41 bits per heavy atom. The van der Waals surface area contributed by atoms with Crippen LogP contribution in [0.2, 0.25) is 0 Å². The largest absolute Gasteiger partial charge is 0.340 e. The summed E-state index contributed by atoms with van der Waals surface area (Å²) in [5.41, 5.74) is 6.06. The summed E-state index contributed by atoms with van der Waals surface area (Å²) >= 11 is 0. The van der Waals surface area contributed by atoms with E-state index in [1.54, 1.807) is 0 Å². The van der Waals surface area contributed by atoms with Gasteiger partial charge in [0.05, 0.1) is 0 Å². The molecule has 2 N–H and O–H groups in total. The van der Waals surface area contributed by atoms with Gasteiger partial charge in [-0.25, -0.2) is 0 Å². The molecule has 0 bridgehead atoms. The van der Waals surface area contributed by atoms with Crippen LogP contribution in [0, 0.1) is 5.41 Å². The second-order valence-electron chi connectivity index (χ2n) is 6.35. The van der Waals surface area contributed by atoms with E-state index in [0.717, 1.165) is 19.6 Å². The van der Waals surface area contributed by atoms with Crippen molar-refractivity contribution < 1.29 is 4.79 Å². The number of hydrogen-bond acceptors (Lipinski definition) is 3. The molecule has 0 radical (unpaired) electrons. The van der Waals surface area contributed by atoms with Crippen LogP contribution < -0.4 is 5.73 Å². The summed E-state index contributed by atoms with van der Waals surface area (Å²) < 4.78 is 0. The molecule has 1 aliphatic rings. The van der Waals surface area contributed by atoms with Gasteiger partial charge in [-0.3, -0.25) is 4.79 Å². The normalized spacial score (nSPS) is 24.8. The van der Waals surface area contributed by atoms with Crippen molar-refractivity contribution in [1.29, 1.82) is 0 Å². The van der Waals surface area contributed by atoms with Crippen LogP contribution in [-0.4, -0.2) is 54.5 Å². The van der Waals surface area contributed by atoms with E-state index in [1.165, 1.54) is 0 Å². The molecule has 0 saturated carbocycles. The molecule has 1 heterocycles. The summed E-state index contributed by atoms with van der Waals surface area (Å²) in [5, 5.41) is 0. The summed E-state index contributed by atoms with van der Waals surface area (Å²) in [6.45, 7) is 11.0. The highest BCUT2D eigenvalue weighted by atomic mass is 16.2. The maximum absolute atomic E-state index is 12.1. The third kappa shape index (κ3) is 3.96. The fourth-order valence-electron chi connectivity index (χ4n) is 1.90. The van der Waals surface area contributed by atoms with Gasteiger partial charge in [-0.05, 0) is 19.4 Å². The van der Waals surface area contributed by atoms with Crippen LogP contribution in [0.3, 0.4) is 0 Å². The predicted molar refractivity (Wildman–Crippen MR) is 70.7 cm³/mol. The van der Waals surface area contributed by atoms with Crippen LogP contribution in [0.15, 0.2) is 0 Å². The molecule has 0 spiro atoms. The van der Waals surface area contributed by atoms with Crippen molar-refractivity contribution in [2.75, 3.05) is 26.7 Å². The molecule has 1 fully saturated rings. The lowest BCUT2D eigenvalue weighted by atomic mass is 9.85. The Balaban J connectivity index is 2.49. The Kier molecular flexibility index (Phi) is 4.55. The highest BCUT2D eigenvalue weighted by Crippen LogP contribution is 2.21. The number of likely N-dealkylation sites (N-methyl/N-ethyl adjacent to an activating group) is 1. The summed E-state index contributed by atoms with van der Waals surface area (Å²) in [4.78, 5) is 16.4. The van der Waals surface area contributed by atoms with E-state index in [2.05, 4.69) is 39.6 Å². The van der Waals surface area contributed by atoms with Gasteiger partial charge >= 0.3 is 0 Å². The van der Waals surface area contributed by atoms with E-state index in [1.807, 2.05) is 4.90 Å². The molecule has 2 unspecified atom stereocenters. The molecular weight excluding hydrogens is 214 g/mol. The molecule has 17 heavy (non-hydrogen) atoms. The molecule has 0 aromatic heterocycles. The quantitative estimate of drug-likeness (QED) is 0.782. The van der Waals surface area contributed by atoms with Gasteiger partial charge in [-0.15, -0.1) is 0 Å². The molecule has 4 nitrogen and oxygen atoms in total. The standard InChI is InChI=1S/C13H27N3O/c1-10-9-16(7-6-15(10)5)12(17)8-11(14)13(2,3)4/h10-11H,6-9,14H2,1-5H3. The summed E-state index contributed by atoms with van der Waals surface area (Å²) in [6, 6.07) is 0.378.